The highest BCUT2D eigenvalue weighted by Crippen LogP contribution is 2.34. The minimum absolute atomic E-state index is 0.00252. The van der Waals surface area contributed by atoms with Crippen LogP contribution >= 0.6 is 11.6 Å². The van der Waals surface area contributed by atoms with Gasteiger partial charge in [-0.25, -0.2) is 9.98 Å². The summed E-state index contributed by atoms with van der Waals surface area (Å²) in [5, 5.41) is 0.439. The molecule has 0 aliphatic carbocycles. The molecule has 0 spiro atoms. The number of anilines is 1. The molecule has 0 N–H and O–H groups in total. The predicted octanol–water partition coefficient (Wildman–Crippen LogP) is 5.84. The number of hydrogen-bond acceptors (Lipinski definition) is 5. The van der Waals surface area contributed by atoms with Crippen LogP contribution < -0.4 is 4.90 Å². The number of pyridine rings is 1. The first-order valence-corrected chi connectivity index (χ1v) is 12.1. The van der Waals surface area contributed by atoms with E-state index in [0.717, 1.165) is 48.7 Å². The number of benzene rings is 1. The summed E-state index contributed by atoms with van der Waals surface area (Å²) in [5.41, 5.74) is 2.09. The Balaban J connectivity index is 1.59. The van der Waals surface area contributed by atoms with Crippen molar-refractivity contribution in [1.82, 2.24) is 14.8 Å². The molecule has 1 saturated heterocycles. The number of halogens is 4. The number of aromatic nitrogens is 1. The molecule has 2 aliphatic rings. The van der Waals surface area contributed by atoms with Crippen LogP contribution in [0.2, 0.25) is 5.15 Å². The first-order valence-electron chi connectivity index (χ1n) is 11.7. The lowest BCUT2D eigenvalue weighted by atomic mass is 9.96. The van der Waals surface area contributed by atoms with E-state index in [1.54, 1.807) is 18.2 Å². The molecule has 0 amide bonds. The van der Waals surface area contributed by atoms with Gasteiger partial charge in [0.15, 0.2) is 5.84 Å². The van der Waals surface area contributed by atoms with Gasteiger partial charge >= 0.3 is 6.18 Å². The van der Waals surface area contributed by atoms with Gasteiger partial charge in [-0.15, -0.1) is 0 Å². The van der Waals surface area contributed by atoms with Crippen LogP contribution in [0.3, 0.4) is 0 Å². The second-order valence-electron chi connectivity index (χ2n) is 9.26. The Hall–Kier alpha value is -2.32. The minimum atomic E-state index is -4.32. The maximum Gasteiger partial charge on any atom is 0.416 e. The molecule has 1 fully saturated rings. The van der Waals surface area contributed by atoms with Gasteiger partial charge in [0.05, 0.1) is 11.3 Å². The van der Waals surface area contributed by atoms with E-state index in [4.69, 9.17) is 16.6 Å². The van der Waals surface area contributed by atoms with Gasteiger partial charge in [-0.2, -0.15) is 13.2 Å². The van der Waals surface area contributed by atoms with E-state index in [1.807, 2.05) is 13.1 Å². The molecule has 34 heavy (non-hydrogen) atoms. The van der Waals surface area contributed by atoms with E-state index in [1.165, 1.54) is 12.1 Å². The summed E-state index contributed by atoms with van der Waals surface area (Å²) in [4.78, 5) is 16.3. The van der Waals surface area contributed by atoms with Crippen molar-refractivity contribution in [2.45, 2.75) is 57.9 Å². The standard InChI is InChI=1S/C25H31ClF3N5/c1-5-6-20-14-33(24-23-21(32(4)15-30-24)11-12-22(26)31-23)16(2)13-34(20)17(3)18-7-9-19(10-8-18)25(27,28)29/h7-12,16-17,20H,5-6,13-15H2,1-4H3/t16-,17?,20+/m0/s1. The SMILES string of the molecule is CCC[C@@H]1CN(C2=NCN(C)c3ccc(Cl)nc32)[C@@H](C)CN1C(C)c1ccc(C(F)(F)F)cc1. The molecular weight excluding hydrogens is 463 g/mol. The molecule has 3 atom stereocenters. The van der Waals surface area contributed by atoms with Crippen LogP contribution in [0.4, 0.5) is 18.9 Å². The molecule has 1 aromatic heterocycles. The number of rotatable bonds is 4. The van der Waals surface area contributed by atoms with Gasteiger partial charge in [0, 0.05) is 38.3 Å². The van der Waals surface area contributed by atoms with Crippen molar-refractivity contribution in [3.63, 3.8) is 0 Å². The first-order chi connectivity index (χ1) is 16.1. The molecule has 0 bridgehead atoms. The van der Waals surface area contributed by atoms with Crippen molar-refractivity contribution in [2.75, 3.05) is 31.7 Å². The van der Waals surface area contributed by atoms with Gasteiger partial charge in [0.1, 0.15) is 17.5 Å². The van der Waals surface area contributed by atoms with Crippen molar-refractivity contribution in [3.8, 4) is 0 Å². The highest BCUT2D eigenvalue weighted by atomic mass is 35.5. The fourth-order valence-corrected chi connectivity index (χ4v) is 5.17. The number of piperazine rings is 1. The molecule has 2 aliphatic heterocycles. The third kappa shape index (κ3) is 4.89. The van der Waals surface area contributed by atoms with Crippen molar-refractivity contribution in [3.05, 3.63) is 58.4 Å². The van der Waals surface area contributed by atoms with Gasteiger partial charge < -0.3 is 9.80 Å². The number of fused-ring (bicyclic) bond motifs is 1. The highest BCUT2D eigenvalue weighted by Gasteiger charge is 2.38. The Kier molecular flexibility index (Phi) is 7.10. The molecule has 184 valence electrons. The Morgan fingerprint density at radius 1 is 1.12 bits per heavy atom. The number of amidine groups is 1. The van der Waals surface area contributed by atoms with E-state index in [0.29, 0.717) is 11.8 Å². The Morgan fingerprint density at radius 2 is 1.82 bits per heavy atom. The predicted molar refractivity (Wildman–Crippen MR) is 130 cm³/mol. The first kappa shape index (κ1) is 24.8. The summed E-state index contributed by atoms with van der Waals surface area (Å²) in [6, 6.07) is 9.75. The summed E-state index contributed by atoms with van der Waals surface area (Å²) in [7, 11) is 1.99. The zero-order valence-electron chi connectivity index (χ0n) is 20.0. The summed E-state index contributed by atoms with van der Waals surface area (Å²) in [5.74, 6) is 0.867. The third-order valence-corrected chi connectivity index (χ3v) is 7.10. The molecule has 0 radical (unpaired) electrons. The molecule has 5 nitrogen and oxygen atoms in total. The second kappa shape index (κ2) is 9.74. The van der Waals surface area contributed by atoms with Crippen molar-refractivity contribution < 1.29 is 13.2 Å². The van der Waals surface area contributed by atoms with Crippen molar-refractivity contribution >= 4 is 23.1 Å². The van der Waals surface area contributed by atoms with E-state index in [9.17, 15) is 13.2 Å². The molecule has 3 heterocycles. The average molecular weight is 494 g/mol. The van der Waals surface area contributed by atoms with Gasteiger partial charge in [0.2, 0.25) is 0 Å². The van der Waals surface area contributed by atoms with E-state index in [-0.39, 0.29) is 18.1 Å². The Bertz CT molecular complexity index is 1040. The van der Waals surface area contributed by atoms with Crippen LogP contribution in [0.25, 0.3) is 0 Å². The minimum Gasteiger partial charge on any atom is -0.353 e. The fraction of sp³-hybridized carbons (Fsp3) is 0.520. The summed E-state index contributed by atoms with van der Waals surface area (Å²) in [6.07, 6.45) is -2.33. The monoisotopic (exact) mass is 493 g/mol. The van der Waals surface area contributed by atoms with Crippen LogP contribution in [0.5, 0.6) is 0 Å². The topological polar surface area (TPSA) is 35.0 Å². The molecule has 2 aromatic rings. The van der Waals surface area contributed by atoms with Gasteiger partial charge in [-0.05, 0) is 50.1 Å². The maximum atomic E-state index is 13.0. The second-order valence-corrected chi connectivity index (χ2v) is 9.65. The van der Waals surface area contributed by atoms with Gasteiger partial charge in [-0.3, -0.25) is 4.90 Å². The number of aliphatic imine (C=N–C) groups is 1. The lowest BCUT2D eigenvalue weighted by Gasteiger charge is -2.49. The molecule has 9 heteroatoms. The van der Waals surface area contributed by atoms with Crippen LogP contribution in [-0.2, 0) is 6.18 Å². The molecule has 1 aromatic carbocycles. The number of alkyl halides is 3. The lowest BCUT2D eigenvalue weighted by molar-refractivity contribution is -0.137. The number of nitrogens with zero attached hydrogens (tertiary/aromatic N) is 5. The van der Waals surface area contributed by atoms with Crippen LogP contribution in [0.15, 0.2) is 41.4 Å². The zero-order chi connectivity index (χ0) is 24.6. The summed E-state index contributed by atoms with van der Waals surface area (Å²) >= 11 is 6.23. The molecule has 1 unspecified atom stereocenters. The van der Waals surface area contributed by atoms with E-state index >= 15 is 0 Å². The van der Waals surface area contributed by atoms with Crippen LogP contribution in [0.1, 0.15) is 56.5 Å². The zero-order valence-corrected chi connectivity index (χ0v) is 20.7. The van der Waals surface area contributed by atoms with E-state index in [2.05, 4.69) is 40.5 Å². The summed E-state index contributed by atoms with van der Waals surface area (Å²) < 4.78 is 39.1. The van der Waals surface area contributed by atoms with Crippen molar-refractivity contribution in [2.24, 2.45) is 4.99 Å². The Labute approximate surface area is 204 Å². The molecular formula is C25H31ClF3N5. The van der Waals surface area contributed by atoms with Gasteiger partial charge in [0.25, 0.3) is 0 Å². The smallest absolute Gasteiger partial charge is 0.353 e. The molecule has 0 saturated carbocycles. The lowest BCUT2D eigenvalue weighted by Crippen LogP contribution is -2.60. The van der Waals surface area contributed by atoms with Crippen LogP contribution in [-0.4, -0.2) is 59.5 Å². The molecule has 4 rings (SSSR count). The maximum absolute atomic E-state index is 13.0. The quantitative estimate of drug-likeness (QED) is 0.501. The third-order valence-electron chi connectivity index (χ3n) is 6.89. The van der Waals surface area contributed by atoms with E-state index < -0.39 is 11.7 Å². The largest absolute Gasteiger partial charge is 0.416 e. The van der Waals surface area contributed by atoms with Crippen molar-refractivity contribution in [1.29, 1.82) is 0 Å². The number of hydrogen-bond donors (Lipinski definition) is 0. The normalized spacial score (nSPS) is 22.4. The van der Waals surface area contributed by atoms with Gasteiger partial charge in [-0.1, -0.05) is 37.1 Å². The van der Waals surface area contributed by atoms with Crippen LogP contribution in [0, 0.1) is 0 Å². The summed E-state index contributed by atoms with van der Waals surface area (Å²) in [6.45, 7) is 8.51. The fourth-order valence-electron chi connectivity index (χ4n) is 5.02. The average Bonchev–Trinajstić information content (AvgIpc) is 2.79. The Morgan fingerprint density at radius 3 is 2.47 bits per heavy atom. The highest BCUT2D eigenvalue weighted by molar-refractivity contribution is 6.29.